The molecular weight excluding hydrogens is 264 g/mol. The molecule has 2 aliphatic heterocycles. The molecule has 3 rings (SSSR count). The zero-order valence-corrected chi connectivity index (χ0v) is 13.1. The Kier molecular flexibility index (Phi) is 4.02. The quantitative estimate of drug-likeness (QED) is 0.902. The van der Waals surface area contributed by atoms with Gasteiger partial charge in [0.1, 0.15) is 0 Å². The van der Waals surface area contributed by atoms with Crippen molar-refractivity contribution in [2.75, 3.05) is 31.1 Å². The van der Waals surface area contributed by atoms with Crippen LogP contribution in [0.25, 0.3) is 0 Å². The van der Waals surface area contributed by atoms with Gasteiger partial charge >= 0.3 is 0 Å². The molecule has 3 heterocycles. The van der Waals surface area contributed by atoms with Crippen LogP contribution in [0.4, 0.5) is 5.82 Å². The van der Waals surface area contributed by atoms with Gasteiger partial charge in [0.05, 0.1) is 0 Å². The lowest BCUT2D eigenvalue weighted by Crippen LogP contribution is -2.52. The fraction of sp³-hybridized carbons (Fsp3) is 0.750. The second-order valence-electron chi connectivity index (χ2n) is 6.86. The van der Waals surface area contributed by atoms with Crippen LogP contribution in [-0.2, 0) is 0 Å². The van der Waals surface area contributed by atoms with Crippen LogP contribution in [0.2, 0.25) is 0 Å². The molecule has 1 aromatic rings. The predicted octanol–water partition coefficient (Wildman–Crippen LogP) is 1.79. The molecule has 1 spiro atoms. The van der Waals surface area contributed by atoms with E-state index in [1.54, 1.807) is 17.0 Å². The minimum Gasteiger partial charge on any atom is -0.351 e. The molecule has 21 heavy (non-hydrogen) atoms. The van der Waals surface area contributed by atoms with Gasteiger partial charge in [-0.25, -0.2) is 4.98 Å². The lowest BCUT2D eigenvalue weighted by molar-refractivity contribution is 0.172. The van der Waals surface area contributed by atoms with Crippen molar-refractivity contribution in [1.29, 1.82) is 0 Å². The van der Waals surface area contributed by atoms with Crippen molar-refractivity contribution < 1.29 is 0 Å². The fourth-order valence-corrected chi connectivity index (χ4v) is 3.81. The van der Waals surface area contributed by atoms with E-state index in [0.717, 1.165) is 32.6 Å². The normalized spacial score (nSPS) is 26.5. The number of rotatable bonds is 2. The second-order valence-corrected chi connectivity index (χ2v) is 6.86. The summed E-state index contributed by atoms with van der Waals surface area (Å²) in [6.45, 7) is 8.19. The first kappa shape index (κ1) is 14.6. The van der Waals surface area contributed by atoms with Crippen molar-refractivity contribution >= 4 is 5.82 Å². The van der Waals surface area contributed by atoms with Crippen LogP contribution in [0, 0.1) is 5.41 Å². The van der Waals surface area contributed by atoms with E-state index in [9.17, 15) is 4.79 Å². The molecule has 0 saturated carbocycles. The Morgan fingerprint density at radius 3 is 2.86 bits per heavy atom. The third-order valence-electron chi connectivity index (χ3n) is 4.93. The van der Waals surface area contributed by atoms with Crippen LogP contribution in [0.15, 0.2) is 17.2 Å². The van der Waals surface area contributed by atoms with Gasteiger partial charge in [-0.05, 0) is 46.1 Å². The molecule has 0 aromatic carbocycles. The van der Waals surface area contributed by atoms with E-state index in [1.165, 1.54) is 19.3 Å². The number of hydrogen-bond acceptors (Lipinski definition) is 4. The molecule has 0 aliphatic carbocycles. The Balaban J connectivity index is 1.87. The summed E-state index contributed by atoms with van der Waals surface area (Å²) in [7, 11) is 0. The van der Waals surface area contributed by atoms with Crippen molar-refractivity contribution in [3.05, 3.63) is 22.7 Å². The second kappa shape index (κ2) is 5.79. The zero-order valence-electron chi connectivity index (χ0n) is 13.1. The summed E-state index contributed by atoms with van der Waals surface area (Å²) in [4.78, 5) is 19.2. The maximum atomic E-state index is 12.6. The van der Waals surface area contributed by atoms with Gasteiger partial charge in [0.25, 0.3) is 5.56 Å². The molecule has 2 saturated heterocycles. The van der Waals surface area contributed by atoms with Gasteiger partial charge in [0, 0.05) is 43.5 Å². The number of piperidine rings is 2. The zero-order chi connectivity index (χ0) is 14.9. The van der Waals surface area contributed by atoms with Gasteiger partial charge in [-0.1, -0.05) is 0 Å². The molecule has 1 unspecified atom stereocenters. The lowest BCUT2D eigenvalue weighted by atomic mass is 9.74. The molecule has 0 amide bonds. The highest BCUT2D eigenvalue weighted by atomic mass is 16.1. The molecule has 0 bridgehead atoms. The van der Waals surface area contributed by atoms with Crippen molar-refractivity contribution in [2.45, 2.75) is 45.6 Å². The number of hydrogen-bond donors (Lipinski definition) is 1. The summed E-state index contributed by atoms with van der Waals surface area (Å²) in [6.07, 6.45) is 8.48. The molecule has 5 heteroatoms. The molecule has 1 atom stereocenters. The van der Waals surface area contributed by atoms with Gasteiger partial charge < -0.3 is 14.8 Å². The molecule has 116 valence electrons. The van der Waals surface area contributed by atoms with E-state index < -0.39 is 0 Å². The average molecular weight is 290 g/mol. The monoisotopic (exact) mass is 290 g/mol. The van der Waals surface area contributed by atoms with Crippen LogP contribution in [0.1, 0.15) is 45.6 Å². The minimum atomic E-state index is 0.0494. The number of anilines is 1. The van der Waals surface area contributed by atoms with E-state index in [2.05, 4.69) is 15.2 Å². The Morgan fingerprint density at radius 2 is 2.14 bits per heavy atom. The maximum Gasteiger partial charge on any atom is 0.293 e. The summed E-state index contributed by atoms with van der Waals surface area (Å²) >= 11 is 0. The summed E-state index contributed by atoms with van der Waals surface area (Å²) in [5.74, 6) is 0.635. The molecular formula is C16H26N4O. The Bertz CT molecular complexity index is 540. The van der Waals surface area contributed by atoms with E-state index in [1.807, 2.05) is 13.8 Å². The maximum absolute atomic E-state index is 12.6. The highest BCUT2D eigenvalue weighted by Gasteiger charge is 2.37. The number of nitrogens with zero attached hydrogens (tertiary/aromatic N) is 3. The lowest BCUT2D eigenvalue weighted by Gasteiger charge is -2.45. The summed E-state index contributed by atoms with van der Waals surface area (Å²) < 4.78 is 1.78. The van der Waals surface area contributed by atoms with Crippen LogP contribution < -0.4 is 15.8 Å². The standard InChI is InChI=1S/C16H26N4O/c1-13(2)20-10-8-18-14(15(20)21)19-9-4-6-16(12-19)5-3-7-17-11-16/h8,10,13,17H,3-7,9,11-12H2,1-2H3. The van der Waals surface area contributed by atoms with Gasteiger partial charge in [-0.2, -0.15) is 0 Å². The Hall–Kier alpha value is -1.36. The van der Waals surface area contributed by atoms with Gasteiger partial charge in [0.15, 0.2) is 5.82 Å². The van der Waals surface area contributed by atoms with Crippen molar-refractivity contribution in [3.8, 4) is 0 Å². The topological polar surface area (TPSA) is 50.2 Å². The number of nitrogens with one attached hydrogen (secondary N) is 1. The van der Waals surface area contributed by atoms with Crippen molar-refractivity contribution in [3.63, 3.8) is 0 Å². The summed E-state index contributed by atoms with van der Waals surface area (Å²) in [5, 5.41) is 3.53. The third-order valence-corrected chi connectivity index (χ3v) is 4.93. The first-order valence-electron chi connectivity index (χ1n) is 8.14. The SMILES string of the molecule is CC(C)n1ccnc(N2CCCC3(CCCNC3)C2)c1=O. The smallest absolute Gasteiger partial charge is 0.293 e. The van der Waals surface area contributed by atoms with Crippen molar-refractivity contribution in [2.24, 2.45) is 5.41 Å². The van der Waals surface area contributed by atoms with E-state index in [-0.39, 0.29) is 11.6 Å². The van der Waals surface area contributed by atoms with Crippen LogP contribution in [0.5, 0.6) is 0 Å². The largest absolute Gasteiger partial charge is 0.351 e. The molecule has 0 radical (unpaired) electrons. The Labute approximate surface area is 126 Å². The average Bonchev–Trinajstić information content (AvgIpc) is 2.48. The molecule has 2 aliphatic rings. The molecule has 2 fully saturated rings. The van der Waals surface area contributed by atoms with Crippen LogP contribution >= 0.6 is 0 Å². The first-order chi connectivity index (χ1) is 10.1. The first-order valence-corrected chi connectivity index (χ1v) is 8.14. The minimum absolute atomic E-state index is 0.0494. The summed E-state index contributed by atoms with van der Waals surface area (Å²) in [5.41, 5.74) is 0.386. The van der Waals surface area contributed by atoms with Gasteiger partial charge in [-0.15, -0.1) is 0 Å². The van der Waals surface area contributed by atoms with Crippen LogP contribution in [0.3, 0.4) is 0 Å². The summed E-state index contributed by atoms with van der Waals surface area (Å²) in [6, 6.07) is 0.175. The Morgan fingerprint density at radius 1 is 1.33 bits per heavy atom. The highest BCUT2D eigenvalue weighted by Crippen LogP contribution is 2.36. The van der Waals surface area contributed by atoms with E-state index in [4.69, 9.17) is 0 Å². The van der Waals surface area contributed by atoms with Gasteiger partial charge in [0.2, 0.25) is 0 Å². The number of aromatic nitrogens is 2. The van der Waals surface area contributed by atoms with Crippen molar-refractivity contribution in [1.82, 2.24) is 14.9 Å². The van der Waals surface area contributed by atoms with Gasteiger partial charge in [-0.3, -0.25) is 4.79 Å². The third kappa shape index (κ3) is 2.84. The molecule has 1 N–H and O–H groups in total. The van der Waals surface area contributed by atoms with E-state index in [0.29, 0.717) is 11.2 Å². The van der Waals surface area contributed by atoms with Crippen LogP contribution in [-0.4, -0.2) is 35.7 Å². The molecule has 5 nitrogen and oxygen atoms in total. The predicted molar refractivity (Wildman–Crippen MR) is 84.9 cm³/mol. The van der Waals surface area contributed by atoms with E-state index >= 15 is 0 Å². The highest BCUT2D eigenvalue weighted by molar-refractivity contribution is 5.37. The fourth-order valence-electron chi connectivity index (χ4n) is 3.81. The molecule has 1 aromatic heterocycles.